The molecule has 0 unspecified atom stereocenters. The lowest BCUT2D eigenvalue weighted by Gasteiger charge is -2.19. The first-order valence-electron chi connectivity index (χ1n) is 9.50. The van der Waals surface area contributed by atoms with Crippen LogP contribution in [0.4, 0.5) is 0 Å². The van der Waals surface area contributed by atoms with Gasteiger partial charge in [-0.25, -0.2) is 0 Å². The van der Waals surface area contributed by atoms with E-state index in [0.29, 0.717) is 0 Å². The molecule has 0 fully saturated rings. The molecule has 142 valence electrons. The summed E-state index contributed by atoms with van der Waals surface area (Å²) in [4.78, 5) is 6.88. The number of nitrogens with one attached hydrogen (secondary N) is 2. The lowest BCUT2D eigenvalue weighted by Crippen LogP contribution is -2.03. The summed E-state index contributed by atoms with van der Waals surface area (Å²) < 4.78 is 12.3. The highest BCUT2D eigenvalue weighted by Crippen LogP contribution is 2.46. The number of hydrogen-bond acceptors (Lipinski definition) is 2. The summed E-state index contributed by atoms with van der Waals surface area (Å²) in [5.74, 6) is 1.58. The third-order valence-electron chi connectivity index (χ3n) is 5.67. The fourth-order valence-corrected chi connectivity index (χ4v) is 4.87. The number of aromatic nitrogens is 2. The Morgan fingerprint density at radius 1 is 0.724 bits per heavy atom. The maximum Gasteiger partial charge on any atom is 0.231 e. The quantitative estimate of drug-likeness (QED) is 0.342. The largest absolute Gasteiger partial charge is 0.454 e. The second kappa shape index (κ2) is 6.42. The topological polar surface area (TPSA) is 50.0 Å². The van der Waals surface area contributed by atoms with E-state index in [-0.39, 0.29) is 12.7 Å². The molecule has 3 heterocycles. The van der Waals surface area contributed by atoms with Crippen LogP contribution < -0.4 is 9.47 Å². The molecule has 6 rings (SSSR count). The van der Waals surface area contributed by atoms with E-state index in [4.69, 9.17) is 9.47 Å². The SMILES string of the molecule is Brc1cc2c(cc1C(c1c[nH]c3ccccc13)c1c[nH]c3ccccc13)OCO2. The van der Waals surface area contributed by atoms with Gasteiger partial charge in [-0.05, 0) is 41.0 Å². The Hall–Kier alpha value is -3.18. The third kappa shape index (κ3) is 2.58. The number of rotatable bonds is 3. The van der Waals surface area contributed by atoms with Crippen molar-refractivity contribution in [3.05, 3.63) is 94.2 Å². The van der Waals surface area contributed by atoms with Gasteiger partial charge in [-0.2, -0.15) is 0 Å². The van der Waals surface area contributed by atoms with E-state index in [1.165, 1.54) is 21.9 Å². The molecule has 0 bridgehead atoms. The Kier molecular flexibility index (Phi) is 3.71. The monoisotopic (exact) mass is 444 g/mol. The smallest absolute Gasteiger partial charge is 0.231 e. The van der Waals surface area contributed by atoms with Gasteiger partial charge in [-0.3, -0.25) is 0 Å². The molecule has 29 heavy (non-hydrogen) atoms. The van der Waals surface area contributed by atoms with Crippen molar-refractivity contribution in [1.29, 1.82) is 0 Å². The standard InChI is InChI=1S/C24H17BrN2O2/c25-19-10-23-22(28-13-29-23)9-16(19)24(17-11-26-20-7-3-1-5-14(17)20)18-12-27-21-8-4-2-6-15(18)21/h1-12,24,26-27H,13H2. The molecule has 2 aromatic heterocycles. The highest BCUT2D eigenvalue weighted by Gasteiger charge is 2.27. The lowest BCUT2D eigenvalue weighted by atomic mass is 9.84. The van der Waals surface area contributed by atoms with Crippen LogP contribution in [0.3, 0.4) is 0 Å². The summed E-state index contributed by atoms with van der Waals surface area (Å²) >= 11 is 3.79. The zero-order chi connectivity index (χ0) is 19.4. The molecule has 0 spiro atoms. The fraction of sp³-hybridized carbons (Fsp3) is 0.0833. The Bertz CT molecular complexity index is 1290. The second-order valence-corrected chi connectivity index (χ2v) is 8.09. The molecular formula is C24H17BrN2O2. The van der Waals surface area contributed by atoms with E-state index in [0.717, 1.165) is 32.6 Å². The van der Waals surface area contributed by atoms with Crippen molar-refractivity contribution >= 4 is 37.7 Å². The molecule has 0 saturated carbocycles. The number of H-pyrrole nitrogens is 2. The van der Waals surface area contributed by atoms with Gasteiger partial charge in [0.15, 0.2) is 11.5 Å². The minimum atomic E-state index is 0.0196. The summed E-state index contributed by atoms with van der Waals surface area (Å²) in [6.45, 7) is 0.260. The van der Waals surface area contributed by atoms with Crippen LogP contribution >= 0.6 is 15.9 Å². The van der Waals surface area contributed by atoms with Gasteiger partial charge in [0.2, 0.25) is 6.79 Å². The fourth-order valence-electron chi connectivity index (χ4n) is 4.32. The van der Waals surface area contributed by atoms with E-state index in [1.54, 1.807) is 0 Å². The van der Waals surface area contributed by atoms with Gasteiger partial charge in [-0.1, -0.05) is 52.3 Å². The number of ether oxygens (including phenoxy) is 2. The lowest BCUT2D eigenvalue weighted by molar-refractivity contribution is 0.174. The van der Waals surface area contributed by atoms with E-state index >= 15 is 0 Å². The highest BCUT2D eigenvalue weighted by atomic mass is 79.9. The predicted molar refractivity (Wildman–Crippen MR) is 118 cm³/mol. The normalized spacial score (nSPS) is 13.0. The molecule has 0 atom stereocenters. The zero-order valence-electron chi connectivity index (χ0n) is 15.4. The minimum Gasteiger partial charge on any atom is -0.454 e. The van der Waals surface area contributed by atoms with Crippen LogP contribution in [0.1, 0.15) is 22.6 Å². The number of benzene rings is 3. The van der Waals surface area contributed by atoms with Gasteiger partial charge in [-0.15, -0.1) is 0 Å². The van der Waals surface area contributed by atoms with Crippen molar-refractivity contribution in [3.63, 3.8) is 0 Å². The first-order chi connectivity index (χ1) is 14.3. The molecule has 5 heteroatoms. The molecule has 0 radical (unpaired) electrons. The first kappa shape index (κ1) is 16.7. The Morgan fingerprint density at radius 3 is 1.90 bits per heavy atom. The number of fused-ring (bicyclic) bond motifs is 3. The number of hydrogen-bond donors (Lipinski definition) is 2. The molecule has 2 N–H and O–H groups in total. The van der Waals surface area contributed by atoms with E-state index in [2.05, 4.69) is 92.9 Å². The van der Waals surface area contributed by atoms with Crippen LogP contribution in [0.15, 0.2) is 77.5 Å². The highest BCUT2D eigenvalue weighted by molar-refractivity contribution is 9.10. The van der Waals surface area contributed by atoms with Crippen LogP contribution in [0.5, 0.6) is 11.5 Å². The average molecular weight is 445 g/mol. The van der Waals surface area contributed by atoms with E-state index < -0.39 is 0 Å². The van der Waals surface area contributed by atoms with Gasteiger partial charge in [0, 0.05) is 44.6 Å². The van der Waals surface area contributed by atoms with E-state index in [9.17, 15) is 0 Å². The van der Waals surface area contributed by atoms with Crippen molar-refractivity contribution < 1.29 is 9.47 Å². The van der Waals surface area contributed by atoms with Gasteiger partial charge >= 0.3 is 0 Å². The number of halogens is 1. The maximum absolute atomic E-state index is 5.70. The van der Waals surface area contributed by atoms with Crippen LogP contribution in [0.2, 0.25) is 0 Å². The van der Waals surface area contributed by atoms with Gasteiger partial charge in [0.25, 0.3) is 0 Å². The van der Waals surface area contributed by atoms with Crippen molar-refractivity contribution in [2.24, 2.45) is 0 Å². The summed E-state index contributed by atoms with van der Waals surface area (Å²) in [5.41, 5.74) is 5.85. The molecule has 0 aliphatic carbocycles. The Balaban J connectivity index is 1.66. The molecule has 1 aliphatic rings. The minimum absolute atomic E-state index is 0.0196. The van der Waals surface area contributed by atoms with Crippen LogP contribution in [-0.2, 0) is 0 Å². The molecule has 0 amide bonds. The van der Waals surface area contributed by atoms with Gasteiger partial charge < -0.3 is 19.4 Å². The predicted octanol–water partition coefficient (Wildman–Crippen LogP) is 6.32. The second-order valence-electron chi connectivity index (χ2n) is 7.24. The first-order valence-corrected chi connectivity index (χ1v) is 10.3. The van der Waals surface area contributed by atoms with Crippen molar-refractivity contribution in [3.8, 4) is 11.5 Å². The summed E-state index contributed by atoms with van der Waals surface area (Å²) in [5, 5.41) is 2.43. The molecular weight excluding hydrogens is 428 g/mol. The molecule has 5 aromatic rings. The van der Waals surface area contributed by atoms with Crippen LogP contribution in [-0.4, -0.2) is 16.8 Å². The Labute approximate surface area is 175 Å². The van der Waals surface area contributed by atoms with Crippen molar-refractivity contribution in [1.82, 2.24) is 9.97 Å². The molecule has 0 saturated heterocycles. The van der Waals surface area contributed by atoms with E-state index in [1.807, 2.05) is 6.07 Å². The van der Waals surface area contributed by atoms with Crippen LogP contribution in [0.25, 0.3) is 21.8 Å². The summed E-state index contributed by atoms with van der Waals surface area (Å²) in [6.07, 6.45) is 4.24. The average Bonchev–Trinajstić information content (AvgIpc) is 3.47. The molecule has 4 nitrogen and oxygen atoms in total. The Morgan fingerprint density at radius 2 is 1.28 bits per heavy atom. The number of para-hydroxylation sites is 2. The summed E-state index contributed by atoms with van der Waals surface area (Å²) in [6, 6.07) is 20.9. The van der Waals surface area contributed by atoms with Gasteiger partial charge in [0.1, 0.15) is 0 Å². The maximum atomic E-state index is 5.70. The number of aromatic amines is 2. The third-order valence-corrected chi connectivity index (χ3v) is 6.35. The van der Waals surface area contributed by atoms with Gasteiger partial charge in [0.05, 0.1) is 0 Å². The van der Waals surface area contributed by atoms with Crippen molar-refractivity contribution in [2.75, 3.05) is 6.79 Å². The summed E-state index contributed by atoms with van der Waals surface area (Å²) in [7, 11) is 0. The van der Waals surface area contributed by atoms with Crippen LogP contribution in [0, 0.1) is 0 Å². The zero-order valence-corrected chi connectivity index (χ0v) is 17.0. The molecule has 1 aliphatic heterocycles. The molecule has 3 aromatic carbocycles. The van der Waals surface area contributed by atoms with Crippen molar-refractivity contribution in [2.45, 2.75) is 5.92 Å².